The summed E-state index contributed by atoms with van der Waals surface area (Å²) >= 11 is 2.27. The van der Waals surface area contributed by atoms with Crippen molar-refractivity contribution in [2.75, 3.05) is 17.6 Å². The molecule has 0 aliphatic rings. The van der Waals surface area contributed by atoms with Crippen molar-refractivity contribution in [2.45, 2.75) is 10.7 Å². The van der Waals surface area contributed by atoms with Gasteiger partial charge in [0.15, 0.2) is 4.34 Å². The van der Waals surface area contributed by atoms with Gasteiger partial charge in [0, 0.05) is 5.69 Å². The molecule has 0 aliphatic carbocycles. The van der Waals surface area contributed by atoms with E-state index in [2.05, 4.69) is 25.6 Å². The summed E-state index contributed by atoms with van der Waals surface area (Å²) in [5.74, 6) is -1.32. The number of alkyl halides is 3. The zero-order valence-electron chi connectivity index (χ0n) is 12.9. The second-order valence-corrected chi connectivity index (χ2v) is 6.80. The third-order valence-corrected chi connectivity index (χ3v) is 4.50. The van der Waals surface area contributed by atoms with Crippen LogP contribution in [0.1, 0.15) is 0 Å². The van der Waals surface area contributed by atoms with E-state index >= 15 is 0 Å². The van der Waals surface area contributed by atoms with Crippen LogP contribution in [0, 0.1) is 0 Å². The summed E-state index contributed by atoms with van der Waals surface area (Å²) < 4.78 is 40.6. The van der Waals surface area contributed by atoms with Crippen LogP contribution >= 0.6 is 23.1 Å². The maximum absolute atomic E-state index is 12.1. The van der Waals surface area contributed by atoms with Crippen molar-refractivity contribution in [1.82, 2.24) is 15.5 Å². The molecule has 8 nitrogen and oxygen atoms in total. The molecule has 26 heavy (non-hydrogen) atoms. The molecule has 0 atom stereocenters. The number of rotatable bonds is 8. The number of hydrogen-bond donors (Lipinski definition) is 3. The molecule has 0 bridgehead atoms. The third-order valence-electron chi connectivity index (χ3n) is 2.53. The molecule has 0 spiro atoms. The molecule has 140 valence electrons. The Bertz CT molecular complexity index is 767. The Morgan fingerprint density at radius 1 is 1.23 bits per heavy atom. The molecule has 13 heteroatoms. The smallest absolute Gasteiger partial charge is 0.406 e. The molecule has 2 aromatic rings. The lowest BCUT2D eigenvalue weighted by Gasteiger charge is -2.09. The minimum absolute atomic E-state index is 0.0331. The minimum Gasteiger partial charge on any atom is -0.406 e. The highest BCUT2D eigenvalue weighted by atomic mass is 32.2. The number of halogens is 3. The Labute approximate surface area is 153 Å². The molecular formula is C13H12F3N5O3S2. The number of benzene rings is 1. The number of hydrogen-bond acceptors (Lipinski definition) is 8. The fraction of sp³-hybridized carbons (Fsp3) is 0.231. The van der Waals surface area contributed by atoms with Crippen LogP contribution in [-0.2, 0) is 9.59 Å². The first kappa shape index (κ1) is 19.8. The Morgan fingerprint density at radius 2 is 1.92 bits per heavy atom. The monoisotopic (exact) mass is 407 g/mol. The van der Waals surface area contributed by atoms with Crippen LogP contribution in [0.4, 0.5) is 24.0 Å². The molecule has 0 radical (unpaired) electrons. The van der Waals surface area contributed by atoms with Crippen LogP contribution in [0.5, 0.6) is 5.75 Å². The van der Waals surface area contributed by atoms with Gasteiger partial charge in [-0.1, -0.05) is 23.1 Å². The van der Waals surface area contributed by atoms with Gasteiger partial charge in [-0.25, -0.2) is 0 Å². The molecule has 1 aromatic heterocycles. The van der Waals surface area contributed by atoms with Gasteiger partial charge in [0.05, 0.1) is 12.3 Å². The maximum Gasteiger partial charge on any atom is 0.573 e. The van der Waals surface area contributed by atoms with Gasteiger partial charge in [0.1, 0.15) is 5.75 Å². The Hall–Kier alpha value is -2.54. The second kappa shape index (κ2) is 8.71. The average Bonchev–Trinajstić information content (AvgIpc) is 2.99. The largest absolute Gasteiger partial charge is 0.573 e. The number of nitrogens with two attached hydrogens (primary N) is 1. The lowest BCUT2D eigenvalue weighted by atomic mass is 10.3. The lowest BCUT2D eigenvalue weighted by molar-refractivity contribution is -0.274. The van der Waals surface area contributed by atoms with Crippen LogP contribution < -0.4 is 21.1 Å². The molecule has 0 unspecified atom stereocenters. The Kier molecular flexibility index (Phi) is 6.63. The maximum atomic E-state index is 12.1. The number of primary amides is 1. The van der Waals surface area contributed by atoms with Crippen LogP contribution in [0.3, 0.4) is 0 Å². The van der Waals surface area contributed by atoms with E-state index in [9.17, 15) is 22.8 Å². The highest BCUT2D eigenvalue weighted by Crippen LogP contribution is 2.29. The number of aromatic nitrogens is 2. The molecule has 2 rings (SSSR count). The number of ether oxygens (including phenoxy) is 1. The van der Waals surface area contributed by atoms with E-state index in [1.807, 2.05) is 0 Å². The van der Waals surface area contributed by atoms with Gasteiger partial charge < -0.3 is 21.1 Å². The molecule has 4 N–H and O–H groups in total. The number of carbonyl (C=O) groups excluding carboxylic acids is 2. The topological polar surface area (TPSA) is 119 Å². The van der Waals surface area contributed by atoms with Gasteiger partial charge in [-0.2, -0.15) is 0 Å². The fourth-order valence-electron chi connectivity index (χ4n) is 1.55. The lowest BCUT2D eigenvalue weighted by Crippen LogP contribution is -2.34. The molecule has 0 saturated heterocycles. The zero-order chi connectivity index (χ0) is 19.2. The van der Waals surface area contributed by atoms with Gasteiger partial charge in [-0.05, 0) is 24.3 Å². The van der Waals surface area contributed by atoms with Gasteiger partial charge in [-0.15, -0.1) is 23.4 Å². The summed E-state index contributed by atoms with van der Waals surface area (Å²) in [5.41, 5.74) is 5.40. The number of nitrogens with zero attached hydrogens (tertiary/aromatic N) is 2. The number of amides is 2. The Morgan fingerprint density at radius 3 is 2.54 bits per heavy atom. The van der Waals surface area contributed by atoms with Gasteiger partial charge in [0.2, 0.25) is 16.9 Å². The van der Waals surface area contributed by atoms with Gasteiger partial charge in [0.25, 0.3) is 0 Å². The van der Waals surface area contributed by atoms with Gasteiger partial charge in [-0.3, -0.25) is 9.59 Å². The first-order valence-corrected chi connectivity index (χ1v) is 8.65. The van der Waals surface area contributed by atoms with Crippen LogP contribution in [0.2, 0.25) is 0 Å². The molecule has 0 fully saturated rings. The second-order valence-electron chi connectivity index (χ2n) is 4.60. The van der Waals surface area contributed by atoms with E-state index in [1.54, 1.807) is 0 Å². The Balaban J connectivity index is 1.84. The molecule has 1 heterocycles. The van der Waals surface area contributed by atoms with E-state index < -0.39 is 12.3 Å². The summed E-state index contributed by atoms with van der Waals surface area (Å²) in [6.07, 6.45) is -4.75. The summed E-state index contributed by atoms with van der Waals surface area (Å²) in [6.45, 7) is -0.240. The predicted octanol–water partition coefficient (Wildman–Crippen LogP) is 1.87. The van der Waals surface area contributed by atoms with Gasteiger partial charge >= 0.3 is 6.36 Å². The van der Waals surface area contributed by atoms with Crippen LogP contribution in [0.25, 0.3) is 0 Å². The van der Waals surface area contributed by atoms with E-state index in [4.69, 9.17) is 5.73 Å². The molecular weight excluding hydrogens is 395 g/mol. The normalized spacial score (nSPS) is 11.0. The third kappa shape index (κ3) is 7.14. The number of anilines is 2. The number of thioether (sulfide) groups is 1. The average molecular weight is 407 g/mol. The first-order valence-electron chi connectivity index (χ1n) is 6.85. The fourth-order valence-corrected chi connectivity index (χ4v) is 3.15. The zero-order valence-corrected chi connectivity index (χ0v) is 14.5. The minimum atomic E-state index is -4.75. The highest BCUT2D eigenvalue weighted by Gasteiger charge is 2.30. The predicted molar refractivity (Wildman–Crippen MR) is 89.2 cm³/mol. The summed E-state index contributed by atoms with van der Waals surface area (Å²) in [5, 5.41) is 13.3. The van der Waals surface area contributed by atoms with E-state index in [-0.39, 0.29) is 24.0 Å². The summed E-state index contributed by atoms with van der Waals surface area (Å²) in [4.78, 5) is 22.0. The number of carbonyl (C=O) groups is 2. The van der Waals surface area contributed by atoms with E-state index in [1.165, 1.54) is 12.1 Å². The summed E-state index contributed by atoms with van der Waals surface area (Å²) in [6, 6.07) is 5.12. The molecule has 0 saturated carbocycles. The molecule has 1 aromatic carbocycles. The van der Waals surface area contributed by atoms with Crippen molar-refractivity contribution in [2.24, 2.45) is 5.73 Å². The van der Waals surface area contributed by atoms with Crippen molar-refractivity contribution in [3.8, 4) is 5.75 Å². The quantitative estimate of drug-likeness (QED) is 0.572. The van der Waals surface area contributed by atoms with Crippen molar-refractivity contribution in [1.29, 1.82) is 0 Å². The van der Waals surface area contributed by atoms with Crippen LogP contribution in [0.15, 0.2) is 28.6 Å². The molecule has 2 amide bonds. The van der Waals surface area contributed by atoms with E-state index in [0.717, 1.165) is 35.2 Å². The summed E-state index contributed by atoms with van der Waals surface area (Å²) in [7, 11) is 0. The SMILES string of the molecule is NC(=O)CNC(=O)CSc1nnc(Nc2ccc(OC(F)(F)F)cc2)s1. The van der Waals surface area contributed by atoms with Crippen LogP contribution in [-0.4, -0.2) is 40.7 Å². The van der Waals surface area contributed by atoms with Crippen molar-refractivity contribution in [3.05, 3.63) is 24.3 Å². The van der Waals surface area contributed by atoms with Crippen molar-refractivity contribution in [3.63, 3.8) is 0 Å². The van der Waals surface area contributed by atoms with Crippen molar-refractivity contribution < 1.29 is 27.5 Å². The van der Waals surface area contributed by atoms with Crippen molar-refractivity contribution >= 4 is 45.7 Å². The highest BCUT2D eigenvalue weighted by molar-refractivity contribution is 8.01. The first-order chi connectivity index (χ1) is 12.2. The number of nitrogens with one attached hydrogen (secondary N) is 2. The molecule has 0 aliphatic heterocycles. The standard InChI is InChI=1S/C13H12F3N5O3S2/c14-13(15,16)24-8-3-1-7(2-4-8)19-11-20-21-12(26-11)25-6-10(23)18-5-9(17)22/h1-4H,5-6H2,(H2,17,22)(H,18,23)(H,19,20). The van der Waals surface area contributed by atoms with E-state index in [0.29, 0.717) is 15.2 Å².